The molecule has 3 N–H and O–H groups in total. The molecule has 7 nitrogen and oxygen atoms in total. The van der Waals surface area contributed by atoms with Gasteiger partial charge in [0.2, 0.25) is 0 Å². The highest BCUT2D eigenvalue weighted by Gasteiger charge is 2.18. The van der Waals surface area contributed by atoms with E-state index in [1.54, 1.807) is 0 Å². The molecule has 7 heteroatoms. The molecule has 2 aromatic carbocycles. The Hall–Kier alpha value is -3.29. The standard InChI is InChI=1S/C15H22N2O.C9H11NO.C2H6.2CH2O/c1-3-12-4-6-13(7-5-12)15(18)16-14-8-10-17(2)11-9-14;1-7-5-3-4-6-9(7)8(2)10-11;3*1-2/h4-7,14H,3,8-11H2,1-2H3,(H,16,18);3-6,10-11H,2H2,1H3;1-2H3;2*1H2. The Morgan fingerprint density at radius 3 is 1.97 bits per heavy atom. The van der Waals surface area contributed by atoms with Crippen molar-refractivity contribution in [2.45, 2.75) is 53.0 Å². The van der Waals surface area contributed by atoms with Crippen LogP contribution in [0.2, 0.25) is 0 Å². The summed E-state index contributed by atoms with van der Waals surface area (Å²) in [6.07, 6.45) is 3.11. The summed E-state index contributed by atoms with van der Waals surface area (Å²) < 4.78 is 0. The van der Waals surface area contributed by atoms with E-state index < -0.39 is 0 Å². The van der Waals surface area contributed by atoms with Crippen LogP contribution < -0.4 is 10.8 Å². The van der Waals surface area contributed by atoms with Crippen LogP contribution in [0, 0.1) is 6.92 Å². The highest BCUT2D eigenvalue weighted by atomic mass is 16.5. The average Bonchev–Trinajstić information content (AvgIpc) is 2.93. The number of nitrogens with zero attached hydrogens (tertiary/aromatic N) is 1. The summed E-state index contributed by atoms with van der Waals surface area (Å²) in [5.41, 5.74) is 6.63. The number of hydroxylamine groups is 1. The molecule has 1 saturated heterocycles. The Kier molecular flexibility index (Phi) is 20.6. The maximum absolute atomic E-state index is 12.1. The van der Waals surface area contributed by atoms with E-state index in [0.717, 1.165) is 49.0 Å². The number of hydrogen-bond acceptors (Lipinski definition) is 6. The van der Waals surface area contributed by atoms with Crippen LogP contribution in [-0.2, 0) is 16.0 Å². The molecule has 0 aromatic heterocycles. The van der Waals surface area contributed by atoms with E-state index in [-0.39, 0.29) is 5.91 Å². The lowest BCUT2D eigenvalue weighted by molar-refractivity contribution is -0.0987. The van der Waals surface area contributed by atoms with E-state index in [4.69, 9.17) is 14.8 Å². The largest absolute Gasteiger partial charge is 0.349 e. The summed E-state index contributed by atoms with van der Waals surface area (Å²) in [6, 6.07) is 16.0. The first-order chi connectivity index (χ1) is 16.9. The Bertz CT molecular complexity index is 830. The van der Waals surface area contributed by atoms with Crippen molar-refractivity contribution in [1.82, 2.24) is 15.7 Å². The summed E-state index contributed by atoms with van der Waals surface area (Å²) in [4.78, 5) is 30.4. The van der Waals surface area contributed by atoms with Crippen molar-refractivity contribution < 1.29 is 19.6 Å². The van der Waals surface area contributed by atoms with Crippen LogP contribution in [0.1, 0.15) is 60.7 Å². The summed E-state index contributed by atoms with van der Waals surface area (Å²) in [5, 5.41) is 11.7. The molecule has 1 heterocycles. The second-order valence-electron chi connectivity index (χ2n) is 7.51. The Morgan fingerprint density at radius 1 is 1.00 bits per heavy atom. The predicted molar refractivity (Wildman–Crippen MR) is 145 cm³/mol. The van der Waals surface area contributed by atoms with Gasteiger partial charge in [-0.3, -0.25) is 15.5 Å². The minimum atomic E-state index is 0.0622. The summed E-state index contributed by atoms with van der Waals surface area (Å²) in [7, 11) is 2.13. The second-order valence-corrected chi connectivity index (χ2v) is 7.51. The Labute approximate surface area is 211 Å². The van der Waals surface area contributed by atoms with E-state index in [9.17, 15) is 4.79 Å². The summed E-state index contributed by atoms with van der Waals surface area (Å²) >= 11 is 0. The van der Waals surface area contributed by atoms with Crippen LogP contribution in [0.3, 0.4) is 0 Å². The van der Waals surface area contributed by atoms with Gasteiger partial charge in [-0.15, -0.1) is 0 Å². The van der Waals surface area contributed by atoms with Gasteiger partial charge in [0.05, 0.1) is 5.70 Å². The lowest BCUT2D eigenvalue weighted by Gasteiger charge is -2.29. The number of likely N-dealkylation sites (tertiary alicyclic amines) is 1. The molecule has 194 valence electrons. The number of aryl methyl sites for hydroxylation is 2. The van der Waals surface area contributed by atoms with Crippen LogP contribution in [0.4, 0.5) is 0 Å². The van der Waals surface area contributed by atoms with Gasteiger partial charge in [-0.05, 0) is 69.6 Å². The van der Waals surface area contributed by atoms with E-state index in [0.29, 0.717) is 11.7 Å². The first-order valence-corrected chi connectivity index (χ1v) is 11.8. The molecule has 0 saturated carbocycles. The molecule has 0 aliphatic carbocycles. The van der Waals surface area contributed by atoms with Crippen molar-refractivity contribution >= 4 is 25.2 Å². The van der Waals surface area contributed by atoms with Crippen LogP contribution in [0.5, 0.6) is 0 Å². The zero-order valence-electron chi connectivity index (χ0n) is 22.0. The van der Waals surface area contributed by atoms with Gasteiger partial charge in [-0.2, -0.15) is 0 Å². The smallest absolute Gasteiger partial charge is 0.251 e. The van der Waals surface area contributed by atoms with Gasteiger partial charge >= 0.3 is 0 Å². The molecule has 0 atom stereocenters. The SMILES string of the molecule is C=C(NO)c1ccccc1C.C=O.C=O.CC.CCc1ccc(C(=O)NC2CCN(C)CC2)cc1. The zero-order valence-corrected chi connectivity index (χ0v) is 22.0. The molecule has 1 aliphatic rings. The predicted octanol–water partition coefficient (Wildman–Crippen LogP) is 4.67. The molecular weight excluding hydrogens is 442 g/mol. The quantitative estimate of drug-likeness (QED) is 0.532. The average molecular weight is 486 g/mol. The number of piperidine rings is 1. The van der Waals surface area contributed by atoms with Crippen molar-refractivity contribution in [3.05, 3.63) is 77.4 Å². The highest BCUT2D eigenvalue weighted by molar-refractivity contribution is 5.94. The molecule has 3 rings (SSSR count). The third kappa shape index (κ3) is 13.2. The maximum Gasteiger partial charge on any atom is 0.251 e. The molecule has 1 aliphatic heterocycles. The van der Waals surface area contributed by atoms with Gasteiger partial charge in [0, 0.05) is 17.2 Å². The van der Waals surface area contributed by atoms with E-state index in [1.165, 1.54) is 5.56 Å². The van der Waals surface area contributed by atoms with E-state index in [1.807, 2.05) is 88.4 Å². The molecule has 0 bridgehead atoms. The number of rotatable bonds is 5. The molecule has 35 heavy (non-hydrogen) atoms. The number of carbonyl (C=O) groups excluding carboxylic acids is 3. The molecule has 2 aromatic rings. The molecule has 1 fully saturated rings. The van der Waals surface area contributed by atoms with Crippen molar-refractivity contribution in [1.29, 1.82) is 0 Å². The third-order valence-corrected chi connectivity index (χ3v) is 5.28. The van der Waals surface area contributed by atoms with E-state index in [2.05, 4.69) is 30.8 Å². The van der Waals surface area contributed by atoms with Crippen LogP contribution in [0.25, 0.3) is 5.70 Å². The Morgan fingerprint density at radius 2 is 1.51 bits per heavy atom. The van der Waals surface area contributed by atoms with Crippen LogP contribution in [0.15, 0.2) is 55.1 Å². The van der Waals surface area contributed by atoms with Gasteiger partial charge in [-0.25, -0.2) is 0 Å². The van der Waals surface area contributed by atoms with Gasteiger partial charge in [0.25, 0.3) is 5.91 Å². The minimum Gasteiger partial charge on any atom is -0.349 e. The number of amides is 1. The van der Waals surface area contributed by atoms with Gasteiger partial charge in [0.15, 0.2) is 0 Å². The topological polar surface area (TPSA) is 98.7 Å². The molecule has 0 spiro atoms. The summed E-state index contributed by atoms with van der Waals surface area (Å²) in [6.45, 7) is 17.9. The lowest BCUT2D eigenvalue weighted by Crippen LogP contribution is -2.43. The maximum atomic E-state index is 12.1. The number of hydrogen-bond donors (Lipinski definition) is 3. The second kappa shape index (κ2) is 21.3. The molecule has 0 radical (unpaired) electrons. The Balaban J connectivity index is 0. The monoisotopic (exact) mass is 485 g/mol. The van der Waals surface area contributed by atoms with E-state index >= 15 is 0 Å². The van der Waals surface area contributed by atoms with Crippen molar-refractivity contribution in [3.8, 4) is 0 Å². The number of carbonyl (C=O) groups is 3. The fraction of sp³-hybridized carbons (Fsp3) is 0.393. The first kappa shape index (κ1) is 33.9. The first-order valence-electron chi connectivity index (χ1n) is 11.8. The molecular formula is C28H43N3O4. The van der Waals surface area contributed by atoms with Gasteiger partial charge < -0.3 is 19.8 Å². The molecule has 1 amide bonds. The fourth-order valence-electron chi connectivity index (χ4n) is 3.29. The van der Waals surface area contributed by atoms with Crippen molar-refractivity contribution in [2.24, 2.45) is 0 Å². The van der Waals surface area contributed by atoms with Crippen molar-refractivity contribution in [3.63, 3.8) is 0 Å². The normalized spacial score (nSPS) is 12.4. The lowest BCUT2D eigenvalue weighted by atomic mass is 10.0. The summed E-state index contributed by atoms with van der Waals surface area (Å²) in [5.74, 6) is 0.0622. The van der Waals surface area contributed by atoms with Gasteiger partial charge in [0.1, 0.15) is 13.6 Å². The van der Waals surface area contributed by atoms with Crippen LogP contribution >= 0.6 is 0 Å². The molecule has 0 unspecified atom stereocenters. The fourth-order valence-corrected chi connectivity index (χ4v) is 3.29. The highest BCUT2D eigenvalue weighted by Crippen LogP contribution is 2.13. The third-order valence-electron chi connectivity index (χ3n) is 5.28. The number of nitrogens with one attached hydrogen (secondary N) is 2. The van der Waals surface area contributed by atoms with Crippen molar-refractivity contribution in [2.75, 3.05) is 20.1 Å². The number of benzene rings is 2. The minimum absolute atomic E-state index is 0.0622. The van der Waals surface area contributed by atoms with Crippen LogP contribution in [-0.4, -0.2) is 55.8 Å². The van der Waals surface area contributed by atoms with Gasteiger partial charge in [-0.1, -0.05) is 63.7 Å². The zero-order chi connectivity index (χ0) is 27.2.